The Labute approximate surface area is 126 Å². The minimum atomic E-state index is 0.125. The molecule has 5 nitrogen and oxygen atoms in total. The van der Waals surface area contributed by atoms with Crippen molar-refractivity contribution < 1.29 is 0 Å². The van der Waals surface area contributed by atoms with Crippen LogP contribution in [0.15, 0.2) is 54.6 Å². The van der Waals surface area contributed by atoms with Crippen LogP contribution in [0, 0.1) is 0 Å². The SMILES string of the molecule is Nc1nc(N)nc(-c2cccc3cc4ccccc4cc23)n1. The second kappa shape index (κ2) is 4.66. The van der Waals surface area contributed by atoms with Gasteiger partial charge in [-0.05, 0) is 33.7 Å². The fraction of sp³-hybridized carbons (Fsp3) is 0. The van der Waals surface area contributed by atoms with Crippen molar-refractivity contribution in [1.29, 1.82) is 0 Å². The number of anilines is 2. The number of nitrogens with zero attached hydrogens (tertiary/aromatic N) is 3. The van der Waals surface area contributed by atoms with E-state index in [1.165, 1.54) is 5.39 Å². The molecule has 0 aliphatic carbocycles. The van der Waals surface area contributed by atoms with Crippen molar-refractivity contribution >= 4 is 33.4 Å². The van der Waals surface area contributed by atoms with Crippen LogP contribution in [0.5, 0.6) is 0 Å². The Morgan fingerprint density at radius 3 is 2.00 bits per heavy atom. The number of nitrogens with two attached hydrogens (primary N) is 2. The van der Waals surface area contributed by atoms with Gasteiger partial charge in [0.25, 0.3) is 0 Å². The predicted molar refractivity (Wildman–Crippen MR) is 89.1 cm³/mol. The molecule has 22 heavy (non-hydrogen) atoms. The van der Waals surface area contributed by atoms with E-state index in [-0.39, 0.29) is 11.9 Å². The molecule has 0 aliphatic rings. The molecule has 0 radical (unpaired) electrons. The van der Waals surface area contributed by atoms with Gasteiger partial charge in [-0.1, -0.05) is 42.5 Å². The molecule has 1 aromatic heterocycles. The highest BCUT2D eigenvalue weighted by Crippen LogP contribution is 2.30. The van der Waals surface area contributed by atoms with Crippen molar-refractivity contribution in [1.82, 2.24) is 15.0 Å². The van der Waals surface area contributed by atoms with E-state index in [4.69, 9.17) is 11.5 Å². The smallest absolute Gasteiger partial charge is 0.225 e. The van der Waals surface area contributed by atoms with Gasteiger partial charge in [0.1, 0.15) is 0 Å². The van der Waals surface area contributed by atoms with Crippen LogP contribution in [0.25, 0.3) is 32.9 Å². The van der Waals surface area contributed by atoms with E-state index >= 15 is 0 Å². The van der Waals surface area contributed by atoms with Gasteiger partial charge in [0.15, 0.2) is 5.82 Å². The maximum atomic E-state index is 5.69. The summed E-state index contributed by atoms with van der Waals surface area (Å²) in [6.45, 7) is 0. The first-order valence-electron chi connectivity index (χ1n) is 6.90. The van der Waals surface area contributed by atoms with Crippen LogP contribution >= 0.6 is 0 Å². The number of hydrogen-bond donors (Lipinski definition) is 2. The zero-order valence-electron chi connectivity index (χ0n) is 11.7. The molecule has 0 amide bonds. The van der Waals surface area contributed by atoms with Gasteiger partial charge in [-0.2, -0.15) is 15.0 Å². The minimum absolute atomic E-state index is 0.125. The first kappa shape index (κ1) is 12.5. The number of benzene rings is 3. The van der Waals surface area contributed by atoms with Crippen molar-refractivity contribution in [3.05, 3.63) is 54.6 Å². The summed E-state index contributed by atoms with van der Waals surface area (Å²) in [5.41, 5.74) is 12.3. The molecule has 1 heterocycles. The third kappa shape index (κ3) is 2.00. The second-order valence-electron chi connectivity index (χ2n) is 5.10. The van der Waals surface area contributed by atoms with Crippen molar-refractivity contribution in [3.8, 4) is 11.4 Å². The lowest BCUT2D eigenvalue weighted by atomic mass is 9.99. The molecule has 0 bridgehead atoms. The van der Waals surface area contributed by atoms with E-state index in [9.17, 15) is 0 Å². The summed E-state index contributed by atoms with van der Waals surface area (Å²) in [5.74, 6) is 0.742. The monoisotopic (exact) mass is 287 g/mol. The van der Waals surface area contributed by atoms with E-state index in [0.717, 1.165) is 21.7 Å². The maximum absolute atomic E-state index is 5.69. The molecule has 0 spiro atoms. The fourth-order valence-corrected chi connectivity index (χ4v) is 2.69. The largest absolute Gasteiger partial charge is 0.368 e. The molecule has 4 N–H and O–H groups in total. The number of fused-ring (bicyclic) bond motifs is 2. The Morgan fingerprint density at radius 2 is 1.27 bits per heavy atom. The quantitative estimate of drug-likeness (QED) is 0.525. The van der Waals surface area contributed by atoms with Crippen LogP contribution in [0.3, 0.4) is 0 Å². The summed E-state index contributed by atoms with van der Waals surface area (Å²) in [7, 11) is 0. The van der Waals surface area contributed by atoms with E-state index in [2.05, 4.69) is 45.3 Å². The average Bonchev–Trinajstić information content (AvgIpc) is 2.51. The summed E-state index contributed by atoms with van der Waals surface area (Å²) < 4.78 is 0. The third-order valence-corrected chi connectivity index (χ3v) is 3.66. The Bertz CT molecular complexity index is 990. The normalized spacial score (nSPS) is 11.1. The molecule has 4 aromatic rings. The summed E-state index contributed by atoms with van der Waals surface area (Å²) >= 11 is 0. The predicted octanol–water partition coefficient (Wildman–Crippen LogP) is 3.01. The van der Waals surface area contributed by atoms with Crippen LogP contribution in [0.4, 0.5) is 11.9 Å². The van der Waals surface area contributed by atoms with Crippen LogP contribution < -0.4 is 11.5 Å². The van der Waals surface area contributed by atoms with Crippen molar-refractivity contribution in [2.75, 3.05) is 11.5 Å². The molecular formula is C17H13N5. The summed E-state index contributed by atoms with van der Waals surface area (Å²) in [6.07, 6.45) is 0. The molecule has 0 saturated carbocycles. The summed E-state index contributed by atoms with van der Waals surface area (Å²) in [6, 6.07) is 18.5. The highest BCUT2D eigenvalue weighted by atomic mass is 15.1. The highest BCUT2D eigenvalue weighted by molar-refractivity contribution is 6.04. The molecular weight excluding hydrogens is 274 g/mol. The standard InChI is InChI=1S/C17H13N5/c18-16-20-15(21-17(19)22-16)13-7-3-6-12-8-10-4-1-2-5-11(10)9-14(12)13/h1-9H,(H4,18,19,20,21,22). The Hall–Kier alpha value is -3.21. The van der Waals surface area contributed by atoms with Crippen LogP contribution in [0.1, 0.15) is 0 Å². The minimum Gasteiger partial charge on any atom is -0.368 e. The maximum Gasteiger partial charge on any atom is 0.225 e. The number of hydrogen-bond acceptors (Lipinski definition) is 5. The first-order valence-corrected chi connectivity index (χ1v) is 6.90. The van der Waals surface area contributed by atoms with Gasteiger partial charge in [-0.3, -0.25) is 0 Å². The number of aromatic nitrogens is 3. The van der Waals surface area contributed by atoms with E-state index in [1.807, 2.05) is 24.3 Å². The topological polar surface area (TPSA) is 90.7 Å². The van der Waals surface area contributed by atoms with Gasteiger partial charge < -0.3 is 11.5 Å². The second-order valence-corrected chi connectivity index (χ2v) is 5.10. The first-order chi connectivity index (χ1) is 10.7. The summed E-state index contributed by atoms with van der Waals surface area (Å²) in [5, 5.41) is 4.54. The van der Waals surface area contributed by atoms with Gasteiger partial charge >= 0.3 is 0 Å². The van der Waals surface area contributed by atoms with Crippen molar-refractivity contribution in [2.24, 2.45) is 0 Å². The van der Waals surface area contributed by atoms with Crippen molar-refractivity contribution in [3.63, 3.8) is 0 Å². The molecule has 4 rings (SSSR count). The molecule has 0 saturated heterocycles. The summed E-state index contributed by atoms with van der Waals surface area (Å²) in [4.78, 5) is 12.2. The Balaban J connectivity index is 2.07. The fourth-order valence-electron chi connectivity index (χ4n) is 2.69. The van der Waals surface area contributed by atoms with Gasteiger partial charge in [0.05, 0.1) is 0 Å². The lowest BCUT2D eigenvalue weighted by Gasteiger charge is -2.08. The zero-order chi connectivity index (χ0) is 15.1. The van der Waals surface area contributed by atoms with E-state index < -0.39 is 0 Å². The van der Waals surface area contributed by atoms with Crippen LogP contribution in [-0.2, 0) is 0 Å². The highest BCUT2D eigenvalue weighted by Gasteiger charge is 2.09. The average molecular weight is 287 g/mol. The van der Waals surface area contributed by atoms with Crippen molar-refractivity contribution in [2.45, 2.75) is 0 Å². The Kier molecular flexibility index (Phi) is 2.66. The van der Waals surface area contributed by atoms with Gasteiger partial charge in [-0.25, -0.2) is 0 Å². The molecule has 0 aliphatic heterocycles. The van der Waals surface area contributed by atoms with E-state index in [1.54, 1.807) is 0 Å². The van der Waals surface area contributed by atoms with Crippen LogP contribution in [-0.4, -0.2) is 15.0 Å². The molecule has 0 unspecified atom stereocenters. The van der Waals surface area contributed by atoms with Gasteiger partial charge in [0.2, 0.25) is 11.9 Å². The van der Waals surface area contributed by atoms with Crippen LogP contribution in [0.2, 0.25) is 0 Å². The molecule has 106 valence electrons. The van der Waals surface area contributed by atoms with Gasteiger partial charge in [0, 0.05) is 5.56 Å². The number of nitrogen functional groups attached to an aromatic ring is 2. The Morgan fingerprint density at radius 1 is 0.636 bits per heavy atom. The molecule has 0 fully saturated rings. The number of rotatable bonds is 1. The molecule has 3 aromatic carbocycles. The lowest BCUT2D eigenvalue weighted by molar-refractivity contribution is 1.09. The lowest BCUT2D eigenvalue weighted by Crippen LogP contribution is -2.04. The molecule has 0 atom stereocenters. The third-order valence-electron chi connectivity index (χ3n) is 3.66. The zero-order valence-corrected chi connectivity index (χ0v) is 11.7. The van der Waals surface area contributed by atoms with Gasteiger partial charge in [-0.15, -0.1) is 0 Å². The van der Waals surface area contributed by atoms with E-state index in [0.29, 0.717) is 5.82 Å². The molecule has 5 heteroatoms.